The Kier molecular flexibility index (Phi) is 68.0. The van der Waals surface area contributed by atoms with E-state index in [1.807, 2.05) is 21.1 Å². The number of nitrogens with zero attached hydrogens (tertiary/aromatic N) is 1. The molecule has 0 saturated carbocycles. The number of hydrogen-bond donors (Lipinski definition) is 1. The predicted molar refractivity (Wildman–Crippen MR) is 409 cm³/mol. The van der Waals surface area contributed by atoms with Crippen molar-refractivity contribution in [3.05, 3.63) is 231 Å². The minimum absolute atomic E-state index is 0.167. The van der Waals surface area contributed by atoms with E-state index in [0.717, 1.165) is 167 Å². The Morgan fingerprint density at radius 1 is 0.316 bits per heavy atom. The number of rotatable bonds is 64. The van der Waals surface area contributed by atoms with E-state index < -0.39 is 24.3 Å². The summed E-state index contributed by atoms with van der Waals surface area (Å²) < 4.78 is 22.9. The molecule has 528 valence electrons. The van der Waals surface area contributed by atoms with Gasteiger partial charge in [0.05, 0.1) is 34.4 Å². The van der Waals surface area contributed by atoms with E-state index in [1.165, 1.54) is 25.7 Å². The van der Waals surface area contributed by atoms with E-state index in [2.05, 4.69) is 245 Å². The Bertz CT molecular complexity index is 2420. The third-order valence-electron chi connectivity index (χ3n) is 14.4. The molecule has 0 rings (SSSR count). The van der Waals surface area contributed by atoms with Crippen molar-refractivity contribution >= 4 is 17.9 Å². The average Bonchev–Trinajstić information content (AvgIpc) is 2.92. The van der Waals surface area contributed by atoms with Crippen LogP contribution in [0.5, 0.6) is 0 Å². The monoisotopic (exact) mass is 1310 g/mol. The van der Waals surface area contributed by atoms with Crippen LogP contribution >= 0.6 is 0 Å². The number of quaternary nitrogens is 1. The smallest absolute Gasteiger partial charge is 0.361 e. The van der Waals surface area contributed by atoms with E-state index in [0.29, 0.717) is 23.9 Å². The van der Waals surface area contributed by atoms with Gasteiger partial charge in [0.15, 0.2) is 6.10 Å². The summed E-state index contributed by atoms with van der Waals surface area (Å²) in [5, 5.41) is 9.76. The maximum atomic E-state index is 13.0. The number of unbranched alkanes of at least 4 members (excludes halogenated alkanes) is 11. The molecule has 9 nitrogen and oxygen atoms in total. The number of carboxylic acid groups (broad SMARTS) is 1. The van der Waals surface area contributed by atoms with Crippen molar-refractivity contribution in [2.24, 2.45) is 0 Å². The molecule has 0 aromatic rings. The third kappa shape index (κ3) is 74.6. The molecule has 0 aromatic carbocycles. The van der Waals surface area contributed by atoms with Crippen LogP contribution in [-0.2, 0) is 33.3 Å². The number of aliphatic carboxylic acids is 1. The number of esters is 2. The third-order valence-corrected chi connectivity index (χ3v) is 14.4. The quantitative estimate of drug-likeness (QED) is 0.0211. The van der Waals surface area contributed by atoms with Crippen LogP contribution in [0.4, 0.5) is 0 Å². The molecule has 0 amide bonds. The molecule has 0 aliphatic carbocycles. The summed E-state index contributed by atoms with van der Waals surface area (Å²) >= 11 is 0. The van der Waals surface area contributed by atoms with Gasteiger partial charge in [-0.05, 0) is 161 Å². The van der Waals surface area contributed by atoms with Crippen LogP contribution in [0.1, 0.15) is 232 Å². The van der Waals surface area contributed by atoms with Crippen LogP contribution in [0, 0.1) is 0 Å². The van der Waals surface area contributed by atoms with Crippen molar-refractivity contribution in [1.29, 1.82) is 0 Å². The molecular weight excluding hydrogens is 1170 g/mol. The van der Waals surface area contributed by atoms with Gasteiger partial charge in [-0.25, -0.2) is 4.79 Å². The predicted octanol–water partition coefficient (Wildman–Crippen LogP) is 23.5. The summed E-state index contributed by atoms with van der Waals surface area (Å²) in [5.74, 6) is -2.09. The lowest BCUT2D eigenvalue weighted by atomic mass is 10.1. The lowest BCUT2D eigenvalue weighted by Crippen LogP contribution is -2.40. The molecule has 9 heteroatoms. The van der Waals surface area contributed by atoms with Gasteiger partial charge in [0, 0.05) is 12.8 Å². The Balaban J connectivity index is 4.28. The summed E-state index contributed by atoms with van der Waals surface area (Å²) in [4.78, 5) is 37.7. The minimum atomic E-state index is -1.54. The summed E-state index contributed by atoms with van der Waals surface area (Å²) in [6.07, 6.45) is 114. The van der Waals surface area contributed by atoms with Crippen molar-refractivity contribution in [3.8, 4) is 0 Å². The molecule has 2 unspecified atom stereocenters. The first kappa shape index (κ1) is 88.4. The van der Waals surface area contributed by atoms with Crippen molar-refractivity contribution in [2.45, 2.75) is 245 Å². The van der Waals surface area contributed by atoms with Crippen molar-refractivity contribution < 1.29 is 42.9 Å². The van der Waals surface area contributed by atoms with Crippen molar-refractivity contribution in [3.63, 3.8) is 0 Å². The number of likely N-dealkylation sites (N-methyl/N-ethyl adjacent to an activating group) is 1. The van der Waals surface area contributed by atoms with Gasteiger partial charge in [-0.3, -0.25) is 9.59 Å². The molecule has 0 aromatic heterocycles. The molecule has 0 aliphatic heterocycles. The lowest BCUT2D eigenvalue weighted by Gasteiger charge is -2.25. The van der Waals surface area contributed by atoms with Gasteiger partial charge in [0.25, 0.3) is 6.29 Å². The highest BCUT2D eigenvalue weighted by molar-refractivity contribution is 5.71. The van der Waals surface area contributed by atoms with Gasteiger partial charge < -0.3 is 28.5 Å². The van der Waals surface area contributed by atoms with Gasteiger partial charge in [0.2, 0.25) is 0 Å². The number of hydrogen-bond acceptors (Lipinski definition) is 7. The Morgan fingerprint density at radius 2 is 0.568 bits per heavy atom. The SMILES string of the molecule is CC/C=C\C/C=C\C/C=C\C/C=C\C/C=C\C/C=C\C/C=C\C/C=C\C/C=C\C/C=C\CCCCCCCCCCC(=O)OC(COC(=O)CCCCC/C=C\C/C=C\C/C=C\C/C=C\C/C=C\C/C=C\C/C=C\C/C=C\C/C=C\CC)COC(OCC[N+](C)(C)C)C(=O)O. The first-order valence-electron chi connectivity index (χ1n) is 36.5. The highest BCUT2D eigenvalue weighted by atomic mass is 16.7. The first-order valence-corrected chi connectivity index (χ1v) is 36.5. The standard InChI is InChI=1S/C86H131NO8/c1-6-8-10-12-14-16-18-20-22-24-26-28-30-32-34-36-38-39-40-41-42-43-44-45-47-49-51-53-55-57-59-61-63-65-67-69-71-73-75-77-84(89)95-82(81-94-86(85(90)91)92-79-78-87(3,4)5)80-93-83(88)76-74-72-70-68-66-64-62-60-58-56-54-52-50-48-46-37-35-33-31-29-27-25-23-21-19-17-15-13-11-9-7-2/h8-11,14-17,20-23,26-29,32-35,38-39,41-42,44-46,48-49,51-52,54-55,57-58,60,64,66,82,86H,6-7,12-13,18-19,24-25,30-31,36-37,40,43,47,50,53,56,59,61-63,65,67-81H2,1-5H3/p+1/b10-8-,11-9-,16-14-,17-15-,22-20-,23-21-,28-26-,29-27-,34-32-,35-33-,39-38-,42-41-,45-44-,48-46-,51-49-,54-52-,57-55-,60-58-,66-64-. The van der Waals surface area contributed by atoms with Gasteiger partial charge in [-0.2, -0.15) is 0 Å². The second kappa shape index (κ2) is 73.2. The lowest BCUT2D eigenvalue weighted by molar-refractivity contribution is -0.870. The van der Waals surface area contributed by atoms with Crippen molar-refractivity contribution in [1.82, 2.24) is 0 Å². The van der Waals surface area contributed by atoms with E-state index >= 15 is 0 Å². The van der Waals surface area contributed by atoms with E-state index in [-0.39, 0.29) is 38.6 Å². The summed E-state index contributed by atoms with van der Waals surface area (Å²) in [7, 11) is 5.94. The first-order chi connectivity index (χ1) is 46.6. The van der Waals surface area contributed by atoms with Crippen LogP contribution in [0.25, 0.3) is 0 Å². The highest BCUT2D eigenvalue weighted by Crippen LogP contribution is 2.14. The number of carbonyl (C=O) groups is 3. The summed E-state index contributed by atoms with van der Waals surface area (Å²) in [6, 6.07) is 0. The highest BCUT2D eigenvalue weighted by Gasteiger charge is 2.25. The number of carbonyl (C=O) groups excluding carboxylic acids is 2. The Labute approximate surface area is 580 Å². The maximum Gasteiger partial charge on any atom is 0.361 e. The number of ether oxygens (including phenoxy) is 4. The molecule has 2 atom stereocenters. The minimum Gasteiger partial charge on any atom is -0.477 e. The van der Waals surface area contributed by atoms with Gasteiger partial charge in [-0.15, -0.1) is 0 Å². The number of carboxylic acids is 1. The largest absolute Gasteiger partial charge is 0.477 e. The summed E-state index contributed by atoms with van der Waals surface area (Å²) in [6.45, 7) is 4.56. The van der Waals surface area contributed by atoms with E-state index in [1.54, 1.807) is 0 Å². The maximum absolute atomic E-state index is 13.0. The zero-order valence-corrected chi connectivity index (χ0v) is 60.2. The van der Waals surface area contributed by atoms with Gasteiger partial charge in [-0.1, -0.05) is 290 Å². The molecule has 0 radical (unpaired) electrons. The fourth-order valence-electron chi connectivity index (χ4n) is 8.91. The zero-order valence-electron chi connectivity index (χ0n) is 60.2. The molecule has 95 heavy (non-hydrogen) atoms. The second-order valence-corrected chi connectivity index (χ2v) is 24.4. The van der Waals surface area contributed by atoms with Crippen LogP contribution in [0.2, 0.25) is 0 Å². The van der Waals surface area contributed by atoms with Crippen LogP contribution in [-0.4, -0.2) is 87.4 Å². The molecule has 0 bridgehead atoms. The molecule has 0 spiro atoms. The van der Waals surface area contributed by atoms with Gasteiger partial charge in [0.1, 0.15) is 13.2 Å². The normalized spacial score (nSPS) is 14.1. The molecule has 0 saturated heterocycles. The van der Waals surface area contributed by atoms with Gasteiger partial charge >= 0.3 is 17.9 Å². The molecule has 0 heterocycles. The van der Waals surface area contributed by atoms with Crippen molar-refractivity contribution in [2.75, 3.05) is 47.5 Å². The second-order valence-electron chi connectivity index (χ2n) is 24.4. The molecule has 0 fully saturated rings. The Hall–Kier alpha value is -6.65. The zero-order chi connectivity index (χ0) is 69.0. The fraction of sp³-hybridized carbons (Fsp3) is 0.523. The molecule has 0 aliphatic rings. The van der Waals surface area contributed by atoms with Crippen LogP contribution in [0.15, 0.2) is 231 Å². The van der Waals surface area contributed by atoms with E-state index in [4.69, 9.17) is 18.9 Å². The van der Waals surface area contributed by atoms with Crippen LogP contribution in [0.3, 0.4) is 0 Å². The van der Waals surface area contributed by atoms with Crippen LogP contribution < -0.4 is 0 Å². The molecule has 1 N–H and O–H groups in total. The fourth-order valence-corrected chi connectivity index (χ4v) is 8.91. The number of allylic oxidation sites excluding steroid dienone is 38. The van der Waals surface area contributed by atoms with E-state index in [9.17, 15) is 19.5 Å². The molecular formula is C86H132NO8+. The Morgan fingerprint density at radius 3 is 0.853 bits per heavy atom. The average molecular weight is 1310 g/mol. The topological polar surface area (TPSA) is 108 Å². The summed E-state index contributed by atoms with van der Waals surface area (Å²) in [5.41, 5.74) is 0.